The van der Waals surface area contributed by atoms with Crippen molar-refractivity contribution in [2.45, 2.75) is 6.54 Å². The zero-order valence-electron chi connectivity index (χ0n) is 13.7. The van der Waals surface area contributed by atoms with Gasteiger partial charge in [0, 0.05) is 31.5 Å². The van der Waals surface area contributed by atoms with E-state index >= 15 is 0 Å². The molecule has 0 unspecified atom stereocenters. The Kier molecular flexibility index (Phi) is 4.56. The number of carbonyl (C=O) groups is 1. The van der Waals surface area contributed by atoms with Gasteiger partial charge in [0.2, 0.25) is 0 Å². The Morgan fingerprint density at radius 1 is 1.21 bits per heavy atom. The number of rotatable bonds is 5. The van der Waals surface area contributed by atoms with Crippen LogP contribution >= 0.6 is 0 Å². The lowest BCUT2D eigenvalue weighted by molar-refractivity contribution is 0.0951. The number of hydrogen-bond donors (Lipinski definition) is 2. The molecular weight excluding hydrogens is 302 g/mol. The van der Waals surface area contributed by atoms with Crippen molar-refractivity contribution in [3.8, 4) is 11.3 Å². The summed E-state index contributed by atoms with van der Waals surface area (Å²) in [5.41, 5.74) is 4.00. The summed E-state index contributed by atoms with van der Waals surface area (Å²) in [5, 5.41) is 9.79. The number of aromatic nitrogens is 3. The molecule has 2 heterocycles. The summed E-state index contributed by atoms with van der Waals surface area (Å²) in [6.07, 6.45) is 3.28. The van der Waals surface area contributed by atoms with Crippen molar-refractivity contribution >= 4 is 11.6 Å². The van der Waals surface area contributed by atoms with E-state index in [0.717, 1.165) is 16.9 Å². The first kappa shape index (κ1) is 15.7. The average molecular weight is 321 g/mol. The van der Waals surface area contributed by atoms with Crippen LogP contribution in [-0.4, -0.2) is 35.2 Å². The molecule has 6 heteroatoms. The summed E-state index contributed by atoms with van der Waals surface area (Å²) in [5.74, 6) is -0.181. The minimum atomic E-state index is -0.181. The van der Waals surface area contributed by atoms with Crippen LogP contribution in [0.5, 0.6) is 0 Å². The number of benzene rings is 1. The van der Waals surface area contributed by atoms with Gasteiger partial charge in [-0.05, 0) is 12.1 Å². The molecule has 0 spiro atoms. The highest BCUT2D eigenvalue weighted by Crippen LogP contribution is 2.20. The van der Waals surface area contributed by atoms with Crippen LogP contribution in [0.15, 0.2) is 54.9 Å². The van der Waals surface area contributed by atoms with Gasteiger partial charge in [-0.2, -0.15) is 5.10 Å². The molecule has 3 aromatic rings. The molecule has 1 amide bonds. The van der Waals surface area contributed by atoms with Crippen molar-refractivity contribution in [3.63, 3.8) is 0 Å². The SMILES string of the molecule is CN(C)c1ccnc(CNC(=O)c2cn[nH]c2-c2ccccc2)c1. The monoisotopic (exact) mass is 321 g/mol. The van der Waals surface area contributed by atoms with E-state index in [9.17, 15) is 4.79 Å². The van der Waals surface area contributed by atoms with E-state index in [2.05, 4.69) is 20.5 Å². The van der Waals surface area contributed by atoms with Gasteiger partial charge in [0.05, 0.1) is 29.7 Å². The third-order valence-corrected chi connectivity index (χ3v) is 3.69. The van der Waals surface area contributed by atoms with Gasteiger partial charge in [-0.15, -0.1) is 0 Å². The second-order valence-corrected chi connectivity index (χ2v) is 5.61. The molecule has 0 radical (unpaired) electrons. The number of carbonyl (C=O) groups excluding carboxylic acids is 1. The highest BCUT2D eigenvalue weighted by molar-refractivity contribution is 5.99. The molecule has 3 rings (SSSR count). The average Bonchev–Trinajstić information content (AvgIpc) is 3.10. The lowest BCUT2D eigenvalue weighted by atomic mass is 10.1. The highest BCUT2D eigenvalue weighted by Gasteiger charge is 2.15. The minimum absolute atomic E-state index is 0.181. The molecule has 0 aliphatic carbocycles. The topological polar surface area (TPSA) is 73.9 Å². The predicted octanol–water partition coefficient (Wildman–Crippen LogP) is 2.47. The first-order valence-corrected chi connectivity index (χ1v) is 7.64. The standard InChI is InChI=1S/C18H19N5O/c1-23(2)15-8-9-19-14(10-15)11-20-18(24)16-12-21-22-17(16)13-6-4-3-5-7-13/h3-10,12H,11H2,1-2H3,(H,20,24)(H,21,22). The summed E-state index contributed by atoms with van der Waals surface area (Å²) < 4.78 is 0. The van der Waals surface area contributed by atoms with Gasteiger partial charge in [-0.3, -0.25) is 14.9 Å². The predicted molar refractivity (Wildman–Crippen MR) is 93.8 cm³/mol. The maximum absolute atomic E-state index is 12.5. The fourth-order valence-corrected chi connectivity index (χ4v) is 2.39. The number of nitrogens with zero attached hydrogens (tertiary/aromatic N) is 3. The third-order valence-electron chi connectivity index (χ3n) is 3.69. The number of hydrogen-bond acceptors (Lipinski definition) is 4. The first-order valence-electron chi connectivity index (χ1n) is 7.64. The molecule has 1 aromatic carbocycles. The van der Waals surface area contributed by atoms with E-state index < -0.39 is 0 Å². The van der Waals surface area contributed by atoms with Gasteiger partial charge in [0.15, 0.2) is 0 Å². The van der Waals surface area contributed by atoms with Crippen molar-refractivity contribution < 1.29 is 4.79 Å². The van der Waals surface area contributed by atoms with Gasteiger partial charge in [0.1, 0.15) is 0 Å². The molecule has 0 atom stereocenters. The largest absolute Gasteiger partial charge is 0.378 e. The molecule has 0 fully saturated rings. The zero-order chi connectivity index (χ0) is 16.9. The van der Waals surface area contributed by atoms with Gasteiger partial charge in [0.25, 0.3) is 5.91 Å². The van der Waals surface area contributed by atoms with Crippen LogP contribution in [0.1, 0.15) is 16.1 Å². The Labute approximate surface area is 140 Å². The van der Waals surface area contributed by atoms with E-state index in [-0.39, 0.29) is 5.91 Å². The first-order chi connectivity index (χ1) is 11.6. The summed E-state index contributed by atoms with van der Waals surface area (Å²) in [6, 6.07) is 13.5. The summed E-state index contributed by atoms with van der Waals surface area (Å²) in [6.45, 7) is 0.361. The number of pyridine rings is 1. The second-order valence-electron chi connectivity index (χ2n) is 5.61. The Hall–Kier alpha value is -3.15. The van der Waals surface area contributed by atoms with Crippen LogP contribution in [0.2, 0.25) is 0 Å². The Balaban J connectivity index is 1.73. The quantitative estimate of drug-likeness (QED) is 0.757. The van der Waals surface area contributed by atoms with Crippen molar-refractivity contribution in [1.82, 2.24) is 20.5 Å². The summed E-state index contributed by atoms with van der Waals surface area (Å²) in [7, 11) is 3.94. The molecule has 122 valence electrons. The maximum Gasteiger partial charge on any atom is 0.255 e. The Morgan fingerprint density at radius 2 is 2.00 bits per heavy atom. The number of amides is 1. The fourth-order valence-electron chi connectivity index (χ4n) is 2.39. The van der Waals surface area contributed by atoms with Crippen LogP contribution in [-0.2, 0) is 6.54 Å². The van der Waals surface area contributed by atoms with E-state index in [1.54, 1.807) is 12.4 Å². The highest BCUT2D eigenvalue weighted by atomic mass is 16.1. The van der Waals surface area contributed by atoms with Crippen molar-refractivity contribution in [3.05, 3.63) is 66.1 Å². The smallest absolute Gasteiger partial charge is 0.255 e. The Morgan fingerprint density at radius 3 is 2.75 bits per heavy atom. The number of anilines is 1. The second kappa shape index (κ2) is 6.95. The molecule has 0 aliphatic rings. The van der Waals surface area contributed by atoms with E-state index in [1.807, 2.05) is 61.5 Å². The molecular formula is C18H19N5O. The molecule has 0 bridgehead atoms. The van der Waals surface area contributed by atoms with Crippen molar-refractivity contribution in [2.75, 3.05) is 19.0 Å². The number of aromatic amines is 1. The van der Waals surface area contributed by atoms with E-state index in [4.69, 9.17) is 0 Å². The van der Waals surface area contributed by atoms with Crippen LogP contribution < -0.4 is 10.2 Å². The van der Waals surface area contributed by atoms with Crippen LogP contribution in [0.3, 0.4) is 0 Å². The normalized spacial score (nSPS) is 10.4. The molecule has 2 aromatic heterocycles. The maximum atomic E-state index is 12.5. The molecule has 0 saturated carbocycles. The van der Waals surface area contributed by atoms with Crippen LogP contribution in [0.25, 0.3) is 11.3 Å². The molecule has 6 nitrogen and oxygen atoms in total. The fraction of sp³-hybridized carbons (Fsp3) is 0.167. The zero-order valence-corrected chi connectivity index (χ0v) is 13.7. The van der Waals surface area contributed by atoms with Gasteiger partial charge in [-0.1, -0.05) is 30.3 Å². The number of nitrogens with one attached hydrogen (secondary N) is 2. The van der Waals surface area contributed by atoms with Gasteiger partial charge < -0.3 is 10.2 Å². The summed E-state index contributed by atoms with van der Waals surface area (Å²) >= 11 is 0. The molecule has 2 N–H and O–H groups in total. The molecule has 0 saturated heterocycles. The van der Waals surface area contributed by atoms with Crippen molar-refractivity contribution in [1.29, 1.82) is 0 Å². The minimum Gasteiger partial charge on any atom is -0.378 e. The van der Waals surface area contributed by atoms with Gasteiger partial charge in [-0.25, -0.2) is 0 Å². The van der Waals surface area contributed by atoms with E-state index in [1.165, 1.54) is 0 Å². The Bertz CT molecular complexity index is 826. The van der Waals surface area contributed by atoms with E-state index in [0.29, 0.717) is 17.8 Å². The van der Waals surface area contributed by atoms with Crippen LogP contribution in [0.4, 0.5) is 5.69 Å². The lowest BCUT2D eigenvalue weighted by Gasteiger charge is -2.13. The van der Waals surface area contributed by atoms with Crippen LogP contribution in [0, 0.1) is 0 Å². The van der Waals surface area contributed by atoms with Gasteiger partial charge >= 0.3 is 0 Å². The number of H-pyrrole nitrogens is 1. The third kappa shape index (κ3) is 3.43. The summed E-state index contributed by atoms with van der Waals surface area (Å²) in [4.78, 5) is 18.8. The lowest BCUT2D eigenvalue weighted by Crippen LogP contribution is -2.23. The molecule has 0 aliphatic heterocycles. The van der Waals surface area contributed by atoms with Crippen molar-refractivity contribution in [2.24, 2.45) is 0 Å². The molecule has 24 heavy (non-hydrogen) atoms.